The first-order chi connectivity index (χ1) is 27.3. The lowest BCUT2D eigenvalue weighted by Crippen LogP contribution is -2.65. The number of carbonyl (C=O) groups excluding carboxylic acids is 2. The molecule has 8 N–H and O–H groups in total. The van der Waals surface area contributed by atoms with Gasteiger partial charge in [-0.1, -0.05) is 84.0 Å². The fraction of sp³-hybridized carbons (Fsp3) is 0.667. The van der Waals surface area contributed by atoms with Crippen molar-refractivity contribution in [1.29, 1.82) is 0 Å². The summed E-state index contributed by atoms with van der Waals surface area (Å²) in [5.41, 5.74) is 0. The normalized spacial score (nSPS) is 21.7. The van der Waals surface area contributed by atoms with Crippen molar-refractivity contribution in [3.63, 3.8) is 0 Å². The van der Waals surface area contributed by atoms with E-state index in [0.717, 1.165) is 25.7 Å². The quantitative estimate of drug-likeness (QED) is 0.0203. The van der Waals surface area contributed by atoms with E-state index in [1.165, 1.54) is 44.9 Å². The molecule has 58 heavy (non-hydrogen) atoms. The van der Waals surface area contributed by atoms with Crippen molar-refractivity contribution in [2.24, 2.45) is 0 Å². The zero-order valence-electron chi connectivity index (χ0n) is 31.8. The average Bonchev–Trinajstić information content (AvgIpc) is 3.14. The highest BCUT2D eigenvalue weighted by molar-refractivity contribution is 7.47. The summed E-state index contributed by atoms with van der Waals surface area (Å²) < 4.78 is 64.3. The van der Waals surface area contributed by atoms with E-state index >= 15 is 0 Å². The fourth-order valence-corrected chi connectivity index (χ4v) is 7.45. The van der Waals surface area contributed by atoms with Gasteiger partial charge in [-0.3, -0.25) is 22.9 Å². The first-order valence-corrected chi connectivity index (χ1v) is 22.9. The number of carbonyl (C=O) groups is 2. The Hall–Kier alpha value is -3.05. The van der Waals surface area contributed by atoms with Gasteiger partial charge in [0.1, 0.15) is 43.2 Å². The van der Waals surface area contributed by atoms with Crippen LogP contribution in [-0.4, -0.2) is 108 Å². The number of phosphoric ester groups is 3. The number of hydrogen-bond donors (Lipinski definition) is 8. The molecule has 19 nitrogen and oxygen atoms in total. The number of terminal acetylenes is 1. The molecule has 0 amide bonds. The Kier molecular flexibility index (Phi) is 26.0. The van der Waals surface area contributed by atoms with Crippen LogP contribution in [0.15, 0.2) is 0 Å². The zero-order valence-corrected chi connectivity index (χ0v) is 34.5. The predicted octanol–water partition coefficient (Wildman–Crippen LogP) is 2.12. The summed E-state index contributed by atoms with van der Waals surface area (Å²) in [7, 11) is -16.7. The Balaban J connectivity index is 2.94. The van der Waals surface area contributed by atoms with Crippen LogP contribution in [0.25, 0.3) is 0 Å². The molecule has 1 rings (SSSR count). The molecule has 1 aliphatic carbocycles. The maximum Gasteiger partial charge on any atom is 0.472 e. The van der Waals surface area contributed by atoms with Gasteiger partial charge in [-0.15, -0.1) is 6.42 Å². The number of phosphoric acid groups is 3. The molecule has 1 saturated carbocycles. The molecule has 22 heteroatoms. The Morgan fingerprint density at radius 1 is 0.603 bits per heavy atom. The van der Waals surface area contributed by atoms with E-state index in [2.05, 4.69) is 57.4 Å². The summed E-state index contributed by atoms with van der Waals surface area (Å²) in [6.07, 6.45) is 1.95. The molecule has 4 unspecified atom stereocenters. The van der Waals surface area contributed by atoms with Gasteiger partial charge in [0.15, 0.2) is 6.10 Å². The van der Waals surface area contributed by atoms with Crippen LogP contribution in [0.4, 0.5) is 0 Å². The number of hydrogen-bond acceptors (Lipinski definition) is 14. The third-order valence-corrected chi connectivity index (χ3v) is 10.0. The van der Waals surface area contributed by atoms with E-state index in [9.17, 15) is 63.1 Å². The van der Waals surface area contributed by atoms with Gasteiger partial charge in [-0.05, 0) is 53.8 Å². The van der Waals surface area contributed by atoms with E-state index in [-0.39, 0.29) is 6.42 Å². The van der Waals surface area contributed by atoms with Crippen molar-refractivity contribution in [3.8, 4) is 59.7 Å². The average molecular weight is 881 g/mol. The van der Waals surface area contributed by atoms with Gasteiger partial charge in [0.2, 0.25) is 0 Å². The van der Waals surface area contributed by atoms with Gasteiger partial charge in [0, 0.05) is 12.3 Å². The maximum absolute atomic E-state index is 13.0. The van der Waals surface area contributed by atoms with Crippen molar-refractivity contribution in [1.82, 2.24) is 0 Å². The molecule has 0 aromatic rings. The minimum absolute atomic E-state index is 0.0810. The maximum atomic E-state index is 13.0. The first-order valence-electron chi connectivity index (χ1n) is 18.3. The number of aliphatic hydroxyl groups is 3. The van der Waals surface area contributed by atoms with Crippen LogP contribution >= 0.6 is 23.5 Å². The Labute approximate surface area is 338 Å². The third-order valence-electron chi connectivity index (χ3n) is 8.01. The highest BCUT2D eigenvalue weighted by Gasteiger charge is 2.56. The molecule has 0 aromatic carbocycles. The number of rotatable bonds is 26. The largest absolute Gasteiger partial charge is 0.472 e. The molecule has 0 aliphatic heterocycles. The molecular formula is C36H51O19P3. The lowest BCUT2D eigenvalue weighted by atomic mass is 9.85. The van der Waals surface area contributed by atoms with E-state index in [1.54, 1.807) is 0 Å². The van der Waals surface area contributed by atoms with Crippen molar-refractivity contribution >= 4 is 35.4 Å². The molecule has 0 bridgehead atoms. The Morgan fingerprint density at radius 2 is 1.02 bits per heavy atom. The van der Waals surface area contributed by atoms with E-state index < -0.39 is 91.3 Å². The molecule has 0 aromatic heterocycles. The standard InChI is InChI=1S/C36H51O19P3/c1-3-5-7-9-11-13-14-15-16-17-19-21-23-25-30(38)52-28(26-50-29(37)24-22-20-18-12-10-8-6-4-2)27-51-58(48,49)55-36-32(40)34(53-56(42,43)44)31(39)35(33(36)41)54-57(45,46)47/h2,28,31-36,39-41H,3,5,7,9,11,13-17,19,21,23,25-27H2,1H3,(H,48,49)(H2,42,43,44)(H2,45,46,47)/t28-,31-,32+,33?,34?,35-,36?/m1/s1. The number of esters is 2. The number of ether oxygens (including phenoxy) is 2. The molecule has 1 aliphatic rings. The van der Waals surface area contributed by atoms with Crippen LogP contribution in [0.5, 0.6) is 0 Å². The van der Waals surface area contributed by atoms with Crippen LogP contribution in [0, 0.1) is 59.7 Å². The van der Waals surface area contributed by atoms with Crippen molar-refractivity contribution < 1.29 is 90.6 Å². The highest BCUT2D eigenvalue weighted by atomic mass is 31.2. The first kappa shape index (κ1) is 53.0. The second-order valence-corrected chi connectivity index (χ2v) is 16.6. The van der Waals surface area contributed by atoms with Gasteiger partial charge in [-0.25, -0.2) is 18.5 Å². The summed E-state index contributed by atoms with van der Waals surface area (Å²) >= 11 is 0. The summed E-state index contributed by atoms with van der Waals surface area (Å²) in [6, 6.07) is 0. The monoisotopic (exact) mass is 880 g/mol. The smallest absolute Gasteiger partial charge is 0.456 e. The minimum Gasteiger partial charge on any atom is -0.456 e. The van der Waals surface area contributed by atoms with Gasteiger partial charge in [0.25, 0.3) is 0 Å². The highest BCUT2D eigenvalue weighted by Crippen LogP contribution is 2.51. The van der Waals surface area contributed by atoms with Crippen molar-refractivity contribution in [3.05, 3.63) is 0 Å². The third kappa shape index (κ3) is 24.8. The summed E-state index contributed by atoms with van der Waals surface area (Å²) in [6.45, 7) is 0.353. The van der Waals surface area contributed by atoms with Crippen LogP contribution < -0.4 is 0 Å². The summed E-state index contributed by atoms with van der Waals surface area (Å²) in [5.74, 6) is 17.9. The minimum atomic E-state index is -5.57. The predicted molar refractivity (Wildman–Crippen MR) is 204 cm³/mol. The molecule has 0 radical (unpaired) electrons. The van der Waals surface area contributed by atoms with Gasteiger partial charge in [-0.2, -0.15) is 0 Å². The fourth-order valence-electron chi connectivity index (χ4n) is 5.35. The van der Waals surface area contributed by atoms with Crippen LogP contribution in [-0.2, 0) is 50.9 Å². The van der Waals surface area contributed by atoms with Crippen molar-refractivity contribution in [2.45, 2.75) is 140 Å². The van der Waals surface area contributed by atoms with E-state index in [1.807, 2.05) is 11.8 Å². The molecule has 0 spiro atoms. The molecule has 8 atom stereocenters. The van der Waals surface area contributed by atoms with E-state index in [4.69, 9.17) is 24.9 Å². The number of unbranched alkanes of at least 4 members (excludes halogenated alkanes) is 12. The summed E-state index contributed by atoms with van der Waals surface area (Å²) in [4.78, 5) is 72.2. The lowest BCUT2D eigenvalue weighted by molar-refractivity contribution is -0.213. The topological polar surface area (TPSA) is 303 Å². The van der Waals surface area contributed by atoms with Gasteiger partial charge >= 0.3 is 35.4 Å². The second kappa shape index (κ2) is 28.4. The molecule has 0 saturated heterocycles. The molecule has 0 heterocycles. The molecule has 1 fully saturated rings. The summed E-state index contributed by atoms with van der Waals surface area (Å²) in [5, 5.41) is 31.6. The Bertz CT molecular complexity index is 1700. The van der Waals surface area contributed by atoms with Crippen molar-refractivity contribution in [2.75, 3.05) is 13.2 Å². The molecule has 324 valence electrons. The Morgan fingerprint density at radius 3 is 1.47 bits per heavy atom. The van der Waals surface area contributed by atoms with Crippen LogP contribution in [0.3, 0.4) is 0 Å². The lowest BCUT2D eigenvalue weighted by Gasteiger charge is -2.44. The van der Waals surface area contributed by atoms with Crippen LogP contribution in [0.1, 0.15) is 96.8 Å². The molecular weight excluding hydrogens is 829 g/mol. The zero-order chi connectivity index (χ0) is 43.6. The number of aliphatic hydroxyl groups excluding tert-OH is 3. The van der Waals surface area contributed by atoms with Crippen LogP contribution in [0.2, 0.25) is 0 Å². The second-order valence-electron chi connectivity index (χ2n) is 12.8. The van der Waals surface area contributed by atoms with Gasteiger partial charge < -0.3 is 49.3 Å². The SMILES string of the molecule is C#CC#CC#CC#CC#CC(=O)OC[C@H](COP(=O)(O)OC1C(O)[C@H](OP(=O)(O)O)[C@H](O)C(OP(=O)(O)O)[C@@H]1O)OC(=O)CCCCCCCCCCCCCCC. The van der Waals surface area contributed by atoms with Gasteiger partial charge in [0.05, 0.1) is 6.61 Å². The van der Waals surface area contributed by atoms with E-state index in [0.29, 0.717) is 12.8 Å².